The number of methoxy groups -OCH3 is 1. The zero-order valence-electron chi connectivity index (χ0n) is 22.3. The number of nitrogens with zero attached hydrogens (tertiary/aromatic N) is 3. The Morgan fingerprint density at radius 2 is 2.02 bits per heavy atom. The summed E-state index contributed by atoms with van der Waals surface area (Å²) in [6.45, 7) is 2.59. The van der Waals surface area contributed by atoms with Gasteiger partial charge >= 0.3 is 5.97 Å². The van der Waals surface area contributed by atoms with Crippen molar-refractivity contribution in [2.24, 2.45) is 5.14 Å². The first kappa shape index (κ1) is 34.3. The SMILES string of the molecule is CCN(C(=O)C(COC(=O)CCCON(O)O)NC(C)=O)[C@H]1CN(CCCOC)S(=O)(=O)c2sc([S+](N)[O-])cc21. The van der Waals surface area contributed by atoms with Gasteiger partial charge in [-0.2, -0.15) is 4.31 Å². The zero-order chi connectivity index (χ0) is 30.0. The Morgan fingerprint density at radius 3 is 2.60 bits per heavy atom. The number of ether oxygens (including phenoxy) is 2. The Morgan fingerprint density at radius 1 is 1.32 bits per heavy atom. The van der Waals surface area contributed by atoms with Gasteiger partial charge in [-0.25, -0.2) is 8.42 Å². The van der Waals surface area contributed by atoms with Gasteiger partial charge in [0.25, 0.3) is 10.0 Å². The summed E-state index contributed by atoms with van der Waals surface area (Å²) < 4.78 is 50.2. The van der Waals surface area contributed by atoms with Gasteiger partial charge in [-0.15, -0.1) is 5.14 Å². The Kier molecular flexibility index (Phi) is 13.6. The molecule has 2 amide bonds. The van der Waals surface area contributed by atoms with Crippen LogP contribution in [0.5, 0.6) is 0 Å². The van der Waals surface area contributed by atoms with E-state index in [0.29, 0.717) is 13.0 Å². The number of nitrogens with one attached hydrogen (secondary N) is 1. The number of amides is 2. The first-order chi connectivity index (χ1) is 18.8. The molecule has 2 rings (SSSR count). The molecular formula is C21H35N5O11S3. The molecule has 0 aliphatic carbocycles. The number of fused-ring (bicyclic) bond motifs is 1. The Labute approximate surface area is 239 Å². The van der Waals surface area contributed by atoms with Gasteiger partial charge in [0.1, 0.15) is 16.9 Å². The lowest BCUT2D eigenvalue weighted by Crippen LogP contribution is -2.54. The molecule has 19 heteroatoms. The molecule has 5 N–H and O–H groups in total. The monoisotopic (exact) mass is 629 g/mol. The molecule has 0 saturated carbocycles. The van der Waals surface area contributed by atoms with Crippen LogP contribution >= 0.6 is 11.3 Å². The average Bonchev–Trinajstić information content (AvgIpc) is 3.34. The van der Waals surface area contributed by atoms with Crippen LogP contribution in [0.4, 0.5) is 0 Å². The number of esters is 1. The summed E-state index contributed by atoms with van der Waals surface area (Å²) in [7, 11) is -2.48. The largest absolute Gasteiger partial charge is 0.592 e. The molecule has 0 aromatic carbocycles. The van der Waals surface area contributed by atoms with Gasteiger partial charge in [0.05, 0.1) is 29.4 Å². The molecule has 0 spiro atoms. The van der Waals surface area contributed by atoms with Gasteiger partial charge in [-0.3, -0.25) is 29.6 Å². The maximum absolute atomic E-state index is 13.7. The van der Waals surface area contributed by atoms with Crippen molar-refractivity contribution < 1.29 is 52.1 Å². The summed E-state index contributed by atoms with van der Waals surface area (Å²) >= 11 is -1.19. The van der Waals surface area contributed by atoms with Crippen LogP contribution in [0, 0.1) is 0 Å². The van der Waals surface area contributed by atoms with Gasteiger partial charge < -0.3 is 24.2 Å². The van der Waals surface area contributed by atoms with Crippen LogP contribution in [0.2, 0.25) is 0 Å². The van der Waals surface area contributed by atoms with E-state index < -0.39 is 63.2 Å². The van der Waals surface area contributed by atoms with Crippen LogP contribution < -0.4 is 10.5 Å². The second-order valence-corrected chi connectivity index (χ2v) is 13.1. The van der Waals surface area contributed by atoms with Gasteiger partial charge in [-0.05, 0) is 19.8 Å². The van der Waals surface area contributed by atoms with Crippen molar-refractivity contribution in [2.75, 3.05) is 46.6 Å². The molecule has 228 valence electrons. The highest BCUT2D eigenvalue weighted by atomic mass is 32.3. The standard InChI is InChI=1S/C21H35N5O11S3/c1-4-25(20(29)16(23-14(2)27)13-36-18(28)7-5-10-37-26(30)31)17-12-24(8-6-9-35-3)40(33,34)21-15(17)11-19(38-21)39(22)32/h11,16-17,30-31H,4-10,12-13,22H2,1-3H3,(H,23,27)/t16?,17-,39?/m0/s1. The summed E-state index contributed by atoms with van der Waals surface area (Å²) in [6, 6.07) is -0.680. The van der Waals surface area contributed by atoms with Crippen LogP contribution in [0.15, 0.2) is 14.5 Å². The first-order valence-corrected chi connectivity index (χ1v) is 15.6. The molecule has 16 nitrogen and oxygen atoms in total. The second-order valence-electron chi connectivity index (χ2n) is 8.58. The van der Waals surface area contributed by atoms with Crippen molar-refractivity contribution in [1.82, 2.24) is 19.9 Å². The maximum Gasteiger partial charge on any atom is 0.305 e. The Hall–Kier alpha value is -1.91. The number of hydrogen-bond donors (Lipinski definition) is 4. The molecule has 40 heavy (non-hydrogen) atoms. The third-order valence-electron chi connectivity index (χ3n) is 5.78. The van der Waals surface area contributed by atoms with Crippen molar-refractivity contribution >= 4 is 50.5 Å². The fourth-order valence-corrected chi connectivity index (χ4v) is 8.13. The van der Waals surface area contributed by atoms with Crippen molar-refractivity contribution in [2.45, 2.75) is 53.6 Å². The maximum atomic E-state index is 13.7. The highest BCUT2D eigenvalue weighted by Gasteiger charge is 2.44. The molecule has 1 aromatic heterocycles. The third-order valence-corrected chi connectivity index (χ3v) is 10.4. The minimum absolute atomic E-state index is 0.0738. The minimum atomic E-state index is -3.97. The summed E-state index contributed by atoms with van der Waals surface area (Å²) in [4.78, 5) is 43.5. The molecule has 0 bridgehead atoms. The van der Waals surface area contributed by atoms with E-state index >= 15 is 0 Å². The van der Waals surface area contributed by atoms with Crippen molar-refractivity contribution in [3.8, 4) is 0 Å². The summed E-state index contributed by atoms with van der Waals surface area (Å²) in [5.74, 6) is -1.91. The van der Waals surface area contributed by atoms with Crippen LogP contribution in [0.25, 0.3) is 0 Å². The van der Waals surface area contributed by atoms with Crippen molar-refractivity contribution in [3.05, 3.63) is 11.6 Å². The summed E-state index contributed by atoms with van der Waals surface area (Å²) in [6.07, 6.45) is 0.307. The molecule has 2 heterocycles. The van der Waals surface area contributed by atoms with Gasteiger partial charge in [0, 0.05) is 58.3 Å². The number of carbonyl (C=O) groups is 3. The highest BCUT2D eigenvalue weighted by Crippen LogP contribution is 2.42. The van der Waals surface area contributed by atoms with E-state index in [-0.39, 0.29) is 53.1 Å². The van der Waals surface area contributed by atoms with E-state index in [4.69, 9.17) is 25.0 Å². The van der Waals surface area contributed by atoms with Crippen LogP contribution in [-0.4, -0.2) is 108 Å². The number of carbonyl (C=O) groups excluding carboxylic acids is 3. The van der Waals surface area contributed by atoms with E-state index in [0.717, 1.165) is 11.3 Å². The lowest BCUT2D eigenvalue weighted by atomic mass is 10.1. The van der Waals surface area contributed by atoms with Gasteiger partial charge in [-0.1, -0.05) is 11.3 Å². The smallest absolute Gasteiger partial charge is 0.305 e. The van der Waals surface area contributed by atoms with E-state index in [1.54, 1.807) is 6.92 Å². The number of hydrogen-bond acceptors (Lipinski definition) is 14. The number of sulfonamides is 1. The number of likely N-dealkylation sites (N-methyl/N-ethyl adjacent to an activating group) is 1. The fraction of sp³-hybridized carbons (Fsp3) is 0.667. The fourth-order valence-electron chi connectivity index (χ4n) is 4.03. The molecule has 1 aromatic rings. The van der Waals surface area contributed by atoms with Gasteiger partial charge in [0.2, 0.25) is 16.0 Å². The molecular weight excluding hydrogens is 594 g/mol. The highest BCUT2D eigenvalue weighted by molar-refractivity contribution is 7.94. The van der Waals surface area contributed by atoms with Crippen LogP contribution in [0.3, 0.4) is 0 Å². The molecule has 0 saturated heterocycles. The molecule has 0 fully saturated rings. The number of nitrogens with two attached hydrogens (primary N) is 1. The molecule has 1 aliphatic heterocycles. The molecule has 2 unspecified atom stereocenters. The number of rotatable bonds is 16. The normalized spacial score (nSPS) is 18.1. The topological polar surface area (TPSA) is 224 Å². The Balaban J connectivity index is 2.31. The average molecular weight is 630 g/mol. The van der Waals surface area contributed by atoms with Gasteiger partial charge in [0.15, 0.2) is 0 Å². The van der Waals surface area contributed by atoms with Crippen molar-refractivity contribution in [1.29, 1.82) is 0 Å². The molecule has 3 atom stereocenters. The summed E-state index contributed by atoms with van der Waals surface area (Å²) in [5.41, 5.74) is 0.261. The lowest BCUT2D eigenvalue weighted by molar-refractivity contribution is -0.492. The minimum Gasteiger partial charge on any atom is -0.592 e. The van der Waals surface area contributed by atoms with Crippen LogP contribution in [-0.2, 0) is 50.1 Å². The van der Waals surface area contributed by atoms with E-state index in [9.17, 15) is 27.4 Å². The zero-order valence-corrected chi connectivity index (χ0v) is 24.8. The first-order valence-electron chi connectivity index (χ1n) is 12.2. The van der Waals surface area contributed by atoms with E-state index in [2.05, 4.69) is 10.2 Å². The summed E-state index contributed by atoms with van der Waals surface area (Å²) in [5, 5.41) is 24.5. The predicted octanol–water partition coefficient (Wildman–Crippen LogP) is -0.500. The molecule has 1 aliphatic rings. The quantitative estimate of drug-likeness (QED) is 0.0784. The number of thiophene rings is 1. The molecule has 0 radical (unpaired) electrons. The predicted molar refractivity (Wildman–Crippen MR) is 139 cm³/mol. The lowest BCUT2D eigenvalue weighted by Gasteiger charge is -2.39. The van der Waals surface area contributed by atoms with Crippen LogP contribution in [0.1, 0.15) is 44.7 Å². The Bertz CT molecular complexity index is 1120. The van der Waals surface area contributed by atoms with E-state index in [1.807, 2.05) is 0 Å². The second kappa shape index (κ2) is 15.9. The third kappa shape index (κ3) is 9.31. The van der Waals surface area contributed by atoms with Crippen molar-refractivity contribution in [3.63, 3.8) is 0 Å². The van der Waals surface area contributed by atoms with E-state index in [1.165, 1.54) is 29.3 Å².